The monoisotopic (exact) mass is 613 g/mol. The number of carbonyl (C=O) groups is 2. The summed E-state index contributed by atoms with van der Waals surface area (Å²) >= 11 is 0. The number of carbonyl (C=O) groups excluding carboxylic acids is 2. The number of benzene rings is 3. The molecular formula is C32H40FN3O6S. The second-order valence-electron chi connectivity index (χ2n) is 10.1. The number of anilines is 1. The Morgan fingerprint density at radius 3 is 2.21 bits per heavy atom. The molecule has 11 heteroatoms. The van der Waals surface area contributed by atoms with Gasteiger partial charge in [0.1, 0.15) is 29.9 Å². The first kappa shape index (κ1) is 33.4. The van der Waals surface area contributed by atoms with E-state index in [2.05, 4.69) is 5.32 Å². The van der Waals surface area contributed by atoms with E-state index < -0.39 is 34.3 Å². The minimum Gasteiger partial charge on any atom is -0.497 e. The number of halogens is 1. The highest BCUT2D eigenvalue weighted by molar-refractivity contribution is 7.92. The number of ether oxygens (including phenoxy) is 2. The maximum Gasteiger partial charge on any atom is 0.264 e. The molecule has 3 aromatic carbocycles. The van der Waals surface area contributed by atoms with Crippen LogP contribution in [0.25, 0.3) is 0 Å². The molecule has 0 aliphatic rings. The minimum atomic E-state index is -4.31. The first-order chi connectivity index (χ1) is 20.5. The van der Waals surface area contributed by atoms with E-state index in [9.17, 15) is 22.4 Å². The fraction of sp³-hybridized carbons (Fsp3) is 0.375. The summed E-state index contributed by atoms with van der Waals surface area (Å²) in [6.07, 6.45) is 1.92. The summed E-state index contributed by atoms with van der Waals surface area (Å²) < 4.78 is 53.8. The Hall–Kier alpha value is -4.12. The van der Waals surface area contributed by atoms with Crippen LogP contribution in [-0.4, -0.2) is 58.5 Å². The van der Waals surface area contributed by atoms with Gasteiger partial charge in [0.25, 0.3) is 10.0 Å². The number of unbranched alkanes of at least 4 members (excludes halogenated alkanes) is 1. The Bertz CT molecular complexity index is 1480. The molecule has 0 fully saturated rings. The van der Waals surface area contributed by atoms with Crippen LogP contribution in [0.15, 0.2) is 71.6 Å². The Morgan fingerprint density at radius 2 is 1.63 bits per heavy atom. The fourth-order valence-electron chi connectivity index (χ4n) is 4.55. The topological polar surface area (TPSA) is 105 Å². The van der Waals surface area contributed by atoms with E-state index >= 15 is 0 Å². The lowest BCUT2D eigenvalue weighted by Crippen LogP contribution is -2.52. The van der Waals surface area contributed by atoms with Crippen molar-refractivity contribution < 1.29 is 31.9 Å². The van der Waals surface area contributed by atoms with Crippen molar-refractivity contribution >= 4 is 27.5 Å². The third-order valence-electron chi connectivity index (χ3n) is 7.02. The molecule has 0 aromatic heterocycles. The third kappa shape index (κ3) is 8.47. The molecule has 0 spiro atoms. The van der Waals surface area contributed by atoms with E-state index in [0.717, 1.165) is 22.7 Å². The molecule has 232 valence electrons. The van der Waals surface area contributed by atoms with E-state index in [-0.39, 0.29) is 35.2 Å². The molecule has 1 N–H and O–H groups in total. The average Bonchev–Trinajstić information content (AvgIpc) is 3.00. The number of nitrogens with zero attached hydrogens (tertiary/aromatic N) is 2. The molecule has 0 aliphatic carbocycles. The summed E-state index contributed by atoms with van der Waals surface area (Å²) in [7, 11) is -1.46. The lowest BCUT2D eigenvalue weighted by molar-refractivity contribution is -0.140. The molecule has 0 radical (unpaired) electrons. The van der Waals surface area contributed by atoms with Crippen LogP contribution in [-0.2, 0) is 26.2 Å². The Labute approximate surface area is 253 Å². The van der Waals surface area contributed by atoms with Crippen molar-refractivity contribution in [2.24, 2.45) is 0 Å². The lowest BCUT2D eigenvalue weighted by Gasteiger charge is -2.33. The molecule has 9 nitrogen and oxygen atoms in total. The molecule has 2 amide bonds. The van der Waals surface area contributed by atoms with Crippen LogP contribution in [0.2, 0.25) is 0 Å². The third-order valence-corrected chi connectivity index (χ3v) is 8.80. The van der Waals surface area contributed by atoms with Crippen molar-refractivity contribution in [3.63, 3.8) is 0 Å². The van der Waals surface area contributed by atoms with Gasteiger partial charge in [0, 0.05) is 19.2 Å². The Balaban J connectivity index is 2.12. The van der Waals surface area contributed by atoms with Gasteiger partial charge in [-0.15, -0.1) is 0 Å². The standard InChI is InChI=1S/C32H40FN3O6S/c1-6-8-19-34-32(38)28(7-2)35(21-24-11-13-25(33)14-12-24)31(37)22-36(29-20-26(41-4)15-18-30(29)42-5)43(39,40)27-16-9-23(3)10-17-27/h9-18,20,28H,6-8,19,21-22H2,1-5H3,(H,34,38)/t28-/m1/s1. The summed E-state index contributed by atoms with van der Waals surface area (Å²) in [5.41, 5.74) is 1.55. The van der Waals surface area contributed by atoms with Crippen LogP contribution >= 0.6 is 0 Å². The highest BCUT2D eigenvalue weighted by Gasteiger charge is 2.35. The van der Waals surface area contributed by atoms with Crippen LogP contribution in [0.5, 0.6) is 11.5 Å². The van der Waals surface area contributed by atoms with Gasteiger partial charge in [-0.1, -0.05) is 50.1 Å². The fourth-order valence-corrected chi connectivity index (χ4v) is 5.97. The number of aryl methyl sites for hydroxylation is 1. The predicted molar refractivity (Wildman–Crippen MR) is 164 cm³/mol. The molecule has 43 heavy (non-hydrogen) atoms. The molecule has 1 atom stereocenters. The molecule has 0 heterocycles. The zero-order valence-electron chi connectivity index (χ0n) is 25.3. The number of methoxy groups -OCH3 is 2. The van der Waals surface area contributed by atoms with Gasteiger partial charge in [-0.25, -0.2) is 12.8 Å². The number of rotatable bonds is 15. The van der Waals surface area contributed by atoms with Crippen molar-refractivity contribution in [2.75, 3.05) is 31.6 Å². The Morgan fingerprint density at radius 1 is 0.953 bits per heavy atom. The van der Waals surface area contributed by atoms with Crippen LogP contribution < -0.4 is 19.1 Å². The highest BCUT2D eigenvalue weighted by atomic mass is 32.2. The van der Waals surface area contributed by atoms with Gasteiger partial charge in [0.2, 0.25) is 11.8 Å². The predicted octanol–water partition coefficient (Wildman–Crippen LogP) is 5.07. The summed E-state index contributed by atoms with van der Waals surface area (Å²) in [6.45, 7) is 5.39. The summed E-state index contributed by atoms with van der Waals surface area (Å²) in [6, 6.07) is 15.7. The molecule has 0 saturated carbocycles. The van der Waals surface area contributed by atoms with Gasteiger partial charge in [-0.3, -0.25) is 13.9 Å². The van der Waals surface area contributed by atoms with Gasteiger partial charge in [-0.2, -0.15) is 0 Å². The second kappa shape index (κ2) is 15.4. The number of nitrogens with one attached hydrogen (secondary N) is 1. The van der Waals surface area contributed by atoms with E-state index in [1.165, 1.54) is 61.6 Å². The van der Waals surface area contributed by atoms with Gasteiger partial charge >= 0.3 is 0 Å². The van der Waals surface area contributed by atoms with Crippen LogP contribution in [0.4, 0.5) is 10.1 Å². The number of hydrogen-bond donors (Lipinski definition) is 1. The quantitative estimate of drug-likeness (QED) is 0.240. The lowest BCUT2D eigenvalue weighted by atomic mass is 10.1. The van der Waals surface area contributed by atoms with Gasteiger partial charge in [-0.05, 0) is 61.7 Å². The van der Waals surface area contributed by atoms with Crippen molar-refractivity contribution in [3.05, 3.63) is 83.7 Å². The second-order valence-corrected chi connectivity index (χ2v) is 11.9. The number of amides is 2. The Kier molecular flexibility index (Phi) is 11.9. The van der Waals surface area contributed by atoms with Crippen molar-refractivity contribution in [1.29, 1.82) is 0 Å². The first-order valence-electron chi connectivity index (χ1n) is 14.2. The van der Waals surface area contributed by atoms with Gasteiger partial charge in [0.05, 0.1) is 24.8 Å². The summed E-state index contributed by atoms with van der Waals surface area (Å²) in [4.78, 5) is 28.8. The van der Waals surface area contributed by atoms with Crippen LogP contribution in [0.1, 0.15) is 44.2 Å². The maximum atomic E-state index is 14.2. The zero-order chi connectivity index (χ0) is 31.6. The van der Waals surface area contributed by atoms with Gasteiger partial charge in [0.15, 0.2) is 0 Å². The number of hydrogen-bond acceptors (Lipinski definition) is 6. The van der Waals surface area contributed by atoms with Crippen molar-refractivity contribution in [1.82, 2.24) is 10.2 Å². The van der Waals surface area contributed by atoms with Crippen LogP contribution in [0.3, 0.4) is 0 Å². The molecule has 0 unspecified atom stereocenters. The molecule has 0 bridgehead atoms. The molecule has 0 saturated heterocycles. The molecule has 3 aromatic rings. The molecular weight excluding hydrogens is 573 g/mol. The van der Waals surface area contributed by atoms with Crippen molar-refractivity contribution in [3.8, 4) is 11.5 Å². The first-order valence-corrected chi connectivity index (χ1v) is 15.6. The maximum absolute atomic E-state index is 14.2. The van der Waals surface area contributed by atoms with E-state index in [4.69, 9.17) is 9.47 Å². The molecule has 3 rings (SSSR count). The zero-order valence-corrected chi connectivity index (χ0v) is 26.1. The van der Waals surface area contributed by atoms with E-state index in [1.54, 1.807) is 31.2 Å². The number of sulfonamides is 1. The summed E-state index contributed by atoms with van der Waals surface area (Å²) in [5.74, 6) is -0.844. The van der Waals surface area contributed by atoms with Gasteiger partial charge < -0.3 is 19.7 Å². The highest BCUT2D eigenvalue weighted by Crippen LogP contribution is 2.36. The van der Waals surface area contributed by atoms with E-state index in [1.807, 2.05) is 13.8 Å². The SMILES string of the molecule is CCCCNC(=O)[C@@H](CC)N(Cc1ccc(F)cc1)C(=O)CN(c1cc(OC)ccc1OC)S(=O)(=O)c1ccc(C)cc1. The smallest absolute Gasteiger partial charge is 0.264 e. The summed E-state index contributed by atoms with van der Waals surface area (Å²) in [5, 5.41) is 2.88. The largest absolute Gasteiger partial charge is 0.497 e. The minimum absolute atomic E-state index is 0.0230. The molecule has 0 aliphatic heterocycles. The van der Waals surface area contributed by atoms with Crippen molar-refractivity contribution in [2.45, 2.75) is 57.5 Å². The van der Waals surface area contributed by atoms with Crippen LogP contribution in [0, 0.1) is 12.7 Å². The normalized spacial score (nSPS) is 11.9. The van der Waals surface area contributed by atoms with E-state index in [0.29, 0.717) is 17.9 Å². The average molecular weight is 614 g/mol.